The number of aromatic nitrogens is 1. The zero-order valence-corrected chi connectivity index (χ0v) is 15.6. The Morgan fingerprint density at radius 1 is 1.00 bits per heavy atom. The molecule has 2 aromatic carbocycles. The predicted molar refractivity (Wildman–Crippen MR) is 108 cm³/mol. The van der Waals surface area contributed by atoms with Crippen LogP contribution in [0.5, 0.6) is 0 Å². The zero-order chi connectivity index (χ0) is 18.6. The van der Waals surface area contributed by atoms with Gasteiger partial charge in [0.15, 0.2) is 0 Å². The summed E-state index contributed by atoms with van der Waals surface area (Å²) in [5.74, 6) is 0.795. The number of nitrogens with zero attached hydrogens (tertiary/aromatic N) is 2. The van der Waals surface area contributed by atoms with Crippen LogP contribution in [0.2, 0.25) is 0 Å². The molecular formula is C23H24N2O2. The Bertz CT molecular complexity index is 968. The van der Waals surface area contributed by atoms with Crippen LogP contribution >= 0.6 is 0 Å². The molecule has 4 heteroatoms. The van der Waals surface area contributed by atoms with E-state index in [0.717, 1.165) is 49.2 Å². The van der Waals surface area contributed by atoms with Gasteiger partial charge in [0.25, 0.3) is 0 Å². The zero-order valence-electron chi connectivity index (χ0n) is 15.6. The molecular weight excluding hydrogens is 336 g/mol. The summed E-state index contributed by atoms with van der Waals surface area (Å²) in [4.78, 5) is 19.5. The lowest BCUT2D eigenvalue weighted by atomic mass is 10.0. The van der Waals surface area contributed by atoms with Crippen LogP contribution in [0.1, 0.15) is 34.3 Å². The van der Waals surface area contributed by atoms with Crippen molar-refractivity contribution in [2.75, 3.05) is 24.6 Å². The molecule has 3 aromatic rings. The summed E-state index contributed by atoms with van der Waals surface area (Å²) >= 11 is 0. The molecule has 2 heterocycles. The number of rotatable bonds is 1. The molecule has 4 rings (SSSR count). The maximum Gasteiger partial charge on any atom is 0.338 e. The van der Waals surface area contributed by atoms with Gasteiger partial charge in [-0.05, 0) is 55.5 Å². The largest absolute Gasteiger partial charge is 0.462 e. The fourth-order valence-corrected chi connectivity index (χ4v) is 3.73. The number of carbonyl (C=O) groups excluding carboxylic acids is 1. The van der Waals surface area contributed by atoms with Gasteiger partial charge in [0, 0.05) is 18.5 Å². The minimum absolute atomic E-state index is 0.210. The van der Waals surface area contributed by atoms with Crippen molar-refractivity contribution in [2.45, 2.75) is 26.2 Å². The van der Waals surface area contributed by atoms with Crippen LogP contribution in [0, 0.1) is 6.92 Å². The number of carbonyl (C=O) groups is 1. The number of esters is 1. The van der Waals surface area contributed by atoms with Crippen molar-refractivity contribution in [1.29, 1.82) is 0 Å². The van der Waals surface area contributed by atoms with E-state index in [9.17, 15) is 4.79 Å². The monoisotopic (exact) mass is 360 g/mol. The molecule has 0 spiro atoms. The average Bonchev–Trinajstić information content (AvgIpc) is 2.73. The molecule has 138 valence electrons. The van der Waals surface area contributed by atoms with Crippen LogP contribution < -0.4 is 4.90 Å². The molecule has 1 aliphatic heterocycles. The number of pyridine rings is 1. The molecule has 0 amide bonds. The second-order valence-electron chi connectivity index (χ2n) is 7.05. The van der Waals surface area contributed by atoms with Gasteiger partial charge in [-0.15, -0.1) is 0 Å². The molecule has 0 fully saturated rings. The lowest BCUT2D eigenvalue weighted by Crippen LogP contribution is -2.27. The van der Waals surface area contributed by atoms with E-state index in [1.165, 1.54) is 10.9 Å². The van der Waals surface area contributed by atoms with Gasteiger partial charge < -0.3 is 9.64 Å². The summed E-state index contributed by atoms with van der Waals surface area (Å²) in [6.07, 6.45) is 2.62. The topological polar surface area (TPSA) is 42.4 Å². The second-order valence-corrected chi connectivity index (χ2v) is 7.05. The number of ether oxygens (including phenoxy) is 1. The van der Waals surface area contributed by atoms with E-state index in [4.69, 9.17) is 9.72 Å². The van der Waals surface area contributed by atoms with E-state index in [2.05, 4.69) is 36.1 Å². The third-order valence-electron chi connectivity index (χ3n) is 5.15. The number of fused-ring (bicyclic) bond motifs is 2. The first-order valence-electron chi connectivity index (χ1n) is 9.59. The van der Waals surface area contributed by atoms with Crippen molar-refractivity contribution in [1.82, 2.24) is 4.98 Å². The SMILES string of the molecule is Cc1cc(N2CCCOC(=O)c3ccccc3CCC2)nc2ccccc12. The molecule has 0 N–H and O–H groups in total. The molecule has 0 aliphatic carbocycles. The van der Waals surface area contributed by atoms with Crippen LogP contribution in [0.15, 0.2) is 54.6 Å². The van der Waals surface area contributed by atoms with Crippen molar-refractivity contribution in [3.8, 4) is 0 Å². The fourth-order valence-electron chi connectivity index (χ4n) is 3.73. The molecule has 1 aromatic heterocycles. The van der Waals surface area contributed by atoms with Crippen LogP contribution in [-0.4, -0.2) is 30.6 Å². The van der Waals surface area contributed by atoms with Crippen LogP contribution in [0.4, 0.5) is 5.82 Å². The molecule has 0 radical (unpaired) electrons. The summed E-state index contributed by atoms with van der Waals surface area (Å²) < 4.78 is 5.49. The van der Waals surface area contributed by atoms with Crippen molar-refractivity contribution in [2.24, 2.45) is 0 Å². The van der Waals surface area contributed by atoms with Gasteiger partial charge in [-0.25, -0.2) is 9.78 Å². The van der Waals surface area contributed by atoms with Gasteiger partial charge in [-0.1, -0.05) is 36.4 Å². The Morgan fingerprint density at radius 3 is 2.70 bits per heavy atom. The lowest BCUT2D eigenvalue weighted by molar-refractivity contribution is 0.0501. The number of benzene rings is 2. The van der Waals surface area contributed by atoms with Gasteiger partial charge >= 0.3 is 5.97 Å². The van der Waals surface area contributed by atoms with E-state index >= 15 is 0 Å². The van der Waals surface area contributed by atoms with Crippen LogP contribution in [0.3, 0.4) is 0 Å². The third kappa shape index (κ3) is 3.80. The summed E-state index contributed by atoms with van der Waals surface area (Å²) in [7, 11) is 0. The molecule has 0 atom stereocenters. The Morgan fingerprint density at radius 2 is 1.78 bits per heavy atom. The first kappa shape index (κ1) is 17.5. The summed E-state index contributed by atoms with van der Waals surface area (Å²) in [5, 5.41) is 1.20. The Hall–Kier alpha value is -2.88. The summed E-state index contributed by atoms with van der Waals surface area (Å²) in [6.45, 7) is 4.30. The normalized spacial score (nSPS) is 15.7. The predicted octanol–water partition coefficient (Wildman–Crippen LogP) is 4.54. The van der Waals surface area contributed by atoms with Gasteiger partial charge in [-0.3, -0.25) is 0 Å². The first-order valence-corrected chi connectivity index (χ1v) is 9.59. The highest BCUT2D eigenvalue weighted by Crippen LogP contribution is 2.23. The second kappa shape index (κ2) is 7.78. The Kier molecular flexibility index (Phi) is 5.05. The van der Waals surface area contributed by atoms with E-state index < -0.39 is 0 Å². The van der Waals surface area contributed by atoms with Gasteiger partial charge in [-0.2, -0.15) is 0 Å². The maximum atomic E-state index is 12.3. The molecule has 27 heavy (non-hydrogen) atoms. The number of hydrogen-bond acceptors (Lipinski definition) is 4. The quantitative estimate of drug-likeness (QED) is 0.598. The number of hydrogen-bond donors (Lipinski definition) is 0. The lowest BCUT2D eigenvalue weighted by Gasteiger charge is -2.24. The van der Waals surface area contributed by atoms with E-state index in [1.807, 2.05) is 30.3 Å². The minimum Gasteiger partial charge on any atom is -0.462 e. The van der Waals surface area contributed by atoms with E-state index in [1.54, 1.807) is 0 Å². The van der Waals surface area contributed by atoms with Crippen LogP contribution in [0.25, 0.3) is 10.9 Å². The average molecular weight is 360 g/mol. The van der Waals surface area contributed by atoms with Crippen LogP contribution in [-0.2, 0) is 11.2 Å². The van der Waals surface area contributed by atoms with Gasteiger partial charge in [0.2, 0.25) is 0 Å². The highest BCUT2D eigenvalue weighted by Gasteiger charge is 2.16. The molecule has 4 nitrogen and oxygen atoms in total. The molecule has 1 aliphatic rings. The summed E-state index contributed by atoms with van der Waals surface area (Å²) in [5.41, 5.74) is 4.03. The smallest absolute Gasteiger partial charge is 0.338 e. The van der Waals surface area contributed by atoms with Gasteiger partial charge in [0.05, 0.1) is 17.7 Å². The fraction of sp³-hybridized carbons (Fsp3) is 0.304. The van der Waals surface area contributed by atoms with Gasteiger partial charge in [0.1, 0.15) is 5.82 Å². The molecule has 0 unspecified atom stereocenters. The first-order chi connectivity index (χ1) is 13.2. The van der Waals surface area contributed by atoms with Crippen molar-refractivity contribution >= 4 is 22.7 Å². The Balaban J connectivity index is 1.60. The molecule has 0 bridgehead atoms. The highest BCUT2D eigenvalue weighted by atomic mass is 16.5. The van der Waals surface area contributed by atoms with E-state index in [-0.39, 0.29) is 5.97 Å². The number of anilines is 1. The summed E-state index contributed by atoms with van der Waals surface area (Å²) in [6, 6.07) is 18.2. The number of aryl methyl sites for hydroxylation is 2. The molecule has 0 saturated carbocycles. The van der Waals surface area contributed by atoms with E-state index in [0.29, 0.717) is 12.2 Å². The molecule has 0 saturated heterocycles. The standard InChI is InChI=1S/C23H24N2O2/c1-17-16-22(24-21-12-5-4-10-19(17)21)25-13-6-9-18-8-2-3-11-20(18)23(26)27-15-7-14-25/h2-5,8,10-12,16H,6-7,9,13-15H2,1H3. The maximum absolute atomic E-state index is 12.3. The third-order valence-corrected chi connectivity index (χ3v) is 5.15. The van der Waals surface area contributed by atoms with Crippen molar-refractivity contribution in [3.63, 3.8) is 0 Å². The minimum atomic E-state index is -0.210. The van der Waals surface area contributed by atoms with Crippen molar-refractivity contribution < 1.29 is 9.53 Å². The highest BCUT2D eigenvalue weighted by molar-refractivity contribution is 5.91. The Labute approximate surface area is 159 Å². The number of cyclic esters (lactones) is 1. The van der Waals surface area contributed by atoms with Crippen molar-refractivity contribution in [3.05, 3.63) is 71.3 Å². The number of para-hydroxylation sites is 1.